The van der Waals surface area contributed by atoms with Crippen molar-refractivity contribution in [3.8, 4) is 5.75 Å². The number of ether oxygens (including phenoxy) is 1. The number of nitro benzene ring substituents is 1. The summed E-state index contributed by atoms with van der Waals surface area (Å²) in [6.07, 6.45) is 0. The maximum absolute atomic E-state index is 13.0. The zero-order valence-electron chi connectivity index (χ0n) is 14.5. The lowest BCUT2D eigenvalue weighted by molar-refractivity contribution is -0.385. The largest absolute Gasteiger partial charge is 0.496 e. The molecule has 0 amide bonds. The minimum absolute atomic E-state index is 0.0778. The second-order valence-corrected chi connectivity index (χ2v) is 7.56. The number of benzene rings is 2. The molecule has 2 aromatic carbocycles. The van der Waals surface area contributed by atoms with E-state index in [9.17, 15) is 18.5 Å². The number of sulfonamides is 1. The van der Waals surface area contributed by atoms with Crippen LogP contribution >= 0.6 is 0 Å². The molecule has 134 valence electrons. The molecule has 0 heterocycles. The molecule has 2 aromatic rings. The van der Waals surface area contributed by atoms with Gasteiger partial charge in [-0.2, -0.15) is 4.31 Å². The summed E-state index contributed by atoms with van der Waals surface area (Å²) in [4.78, 5) is 10.4. The number of nitrogens with zero attached hydrogens (tertiary/aromatic N) is 2. The number of methoxy groups -OCH3 is 1. The molecule has 0 N–H and O–H groups in total. The van der Waals surface area contributed by atoms with Crippen LogP contribution in [-0.2, 0) is 10.0 Å². The van der Waals surface area contributed by atoms with Gasteiger partial charge in [0, 0.05) is 24.2 Å². The van der Waals surface area contributed by atoms with Crippen LogP contribution in [0.4, 0.5) is 5.69 Å². The van der Waals surface area contributed by atoms with E-state index in [1.165, 1.54) is 43.6 Å². The van der Waals surface area contributed by atoms with Crippen LogP contribution in [0, 0.1) is 17.0 Å². The van der Waals surface area contributed by atoms with Gasteiger partial charge in [0.1, 0.15) is 5.75 Å². The van der Waals surface area contributed by atoms with Crippen LogP contribution in [-0.4, -0.2) is 31.8 Å². The first kappa shape index (κ1) is 18.9. The van der Waals surface area contributed by atoms with Crippen LogP contribution in [0.1, 0.15) is 24.1 Å². The zero-order valence-corrected chi connectivity index (χ0v) is 15.3. The molecule has 2 rings (SSSR count). The first-order valence-electron chi connectivity index (χ1n) is 7.56. The van der Waals surface area contributed by atoms with Crippen molar-refractivity contribution < 1.29 is 18.1 Å². The summed E-state index contributed by atoms with van der Waals surface area (Å²) in [6, 6.07) is 10.7. The molecule has 1 unspecified atom stereocenters. The Bertz CT molecular complexity index is 896. The minimum atomic E-state index is -3.92. The molecule has 0 saturated carbocycles. The third kappa shape index (κ3) is 3.49. The summed E-state index contributed by atoms with van der Waals surface area (Å²) >= 11 is 0. The first-order valence-corrected chi connectivity index (χ1v) is 9.00. The van der Waals surface area contributed by atoms with Gasteiger partial charge in [0.05, 0.1) is 23.0 Å². The smallest absolute Gasteiger partial charge is 0.273 e. The zero-order chi connectivity index (χ0) is 18.8. The van der Waals surface area contributed by atoms with Gasteiger partial charge in [-0.05, 0) is 26.0 Å². The van der Waals surface area contributed by atoms with E-state index in [1.807, 2.05) is 0 Å². The number of para-hydroxylation sites is 1. The van der Waals surface area contributed by atoms with E-state index < -0.39 is 21.0 Å². The van der Waals surface area contributed by atoms with Gasteiger partial charge in [-0.1, -0.05) is 24.3 Å². The number of nitro groups is 1. The molecule has 0 aliphatic carbocycles. The highest BCUT2D eigenvalue weighted by atomic mass is 32.2. The van der Waals surface area contributed by atoms with E-state index in [0.717, 1.165) is 0 Å². The summed E-state index contributed by atoms with van der Waals surface area (Å²) in [5.41, 5.74) is 0.602. The third-order valence-corrected chi connectivity index (χ3v) is 6.32. The van der Waals surface area contributed by atoms with Gasteiger partial charge in [0.25, 0.3) is 5.69 Å². The first-order chi connectivity index (χ1) is 11.7. The normalized spacial score (nSPS) is 12.8. The predicted molar refractivity (Wildman–Crippen MR) is 94.2 cm³/mol. The second-order valence-electron chi connectivity index (χ2n) is 5.60. The summed E-state index contributed by atoms with van der Waals surface area (Å²) in [5.74, 6) is 0.577. The number of hydrogen-bond donors (Lipinski definition) is 0. The molecule has 1 atom stereocenters. The van der Waals surface area contributed by atoms with E-state index in [0.29, 0.717) is 11.3 Å². The standard InChI is InChI=1S/C17H20N2O5S/c1-12-15(19(20)21)9-7-11-17(12)25(22,23)18(3)13(2)14-8-5-6-10-16(14)24-4/h5-11,13H,1-4H3. The van der Waals surface area contributed by atoms with Gasteiger partial charge in [-0.25, -0.2) is 8.42 Å². The molecular weight excluding hydrogens is 344 g/mol. The van der Waals surface area contributed by atoms with Crippen molar-refractivity contribution in [3.63, 3.8) is 0 Å². The number of rotatable bonds is 6. The van der Waals surface area contributed by atoms with Crippen LogP contribution in [0.5, 0.6) is 5.75 Å². The molecule has 8 heteroatoms. The monoisotopic (exact) mass is 364 g/mol. The molecule has 0 radical (unpaired) electrons. The summed E-state index contributed by atoms with van der Waals surface area (Å²) in [6.45, 7) is 3.18. The van der Waals surface area contributed by atoms with Gasteiger partial charge in [0.15, 0.2) is 0 Å². The molecule has 7 nitrogen and oxygen atoms in total. The summed E-state index contributed by atoms with van der Waals surface area (Å²) in [5, 5.41) is 11.1. The van der Waals surface area contributed by atoms with Crippen molar-refractivity contribution in [3.05, 3.63) is 63.7 Å². The topological polar surface area (TPSA) is 89.8 Å². The van der Waals surface area contributed by atoms with Crippen LogP contribution in [0.15, 0.2) is 47.4 Å². The van der Waals surface area contributed by atoms with Crippen LogP contribution in [0.25, 0.3) is 0 Å². The van der Waals surface area contributed by atoms with E-state index in [-0.39, 0.29) is 16.1 Å². The Hall–Kier alpha value is -2.45. The highest BCUT2D eigenvalue weighted by Gasteiger charge is 2.31. The van der Waals surface area contributed by atoms with E-state index in [2.05, 4.69) is 0 Å². The van der Waals surface area contributed by atoms with Crippen LogP contribution in [0.2, 0.25) is 0 Å². The Labute approximate surface area is 147 Å². The molecule has 0 aromatic heterocycles. The molecule has 25 heavy (non-hydrogen) atoms. The Morgan fingerprint density at radius 3 is 2.40 bits per heavy atom. The maximum atomic E-state index is 13.0. The van der Waals surface area contributed by atoms with E-state index in [4.69, 9.17) is 4.74 Å². The van der Waals surface area contributed by atoms with Gasteiger partial charge in [0.2, 0.25) is 10.0 Å². The van der Waals surface area contributed by atoms with Crippen molar-refractivity contribution in [2.75, 3.05) is 14.2 Å². The van der Waals surface area contributed by atoms with Gasteiger partial charge in [-0.3, -0.25) is 10.1 Å². The molecule has 0 bridgehead atoms. The number of hydrogen-bond acceptors (Lipinski definition) is 5. The highest BCUT2D eigenvalue weighted by Crippen LogP contribution is 2.33. The van der Waals surface area contributed by atoms with Crippen molar-refractivity contribution in [2.24, 2.45) is 0 Å². The fraction of sp³-hybridized carbons (Fsp3) is 0.294. The van der Waals surface area contributed by atoms with Gasteiger partial charge in [-0.15, -0.1) is 0 Å². The molecular formula is C17H20N2O5S. The highest BCUT2D eigenvalue weighted by molar-refractivity contribution is 7.89. The lowest BCUT2D eigenvalue weighted by atomic mass is 10.1. The molecule has 0 aliphatic rings. The van der Waals surface area contributed by atoms with Crippen molar-refractivity contribution in [1.82, 2.24) is 4.31 Å². The molecule has 0 saturated heterocycles. The average Bonchev–Trinajstić information content (AvgIpc) is 2.60. The third-order valence-electron chi connectivity index (χ3n) is 4.24. The average molecular weight is 364 g/mol. The predicted octanol–water partition coefficient (Wildman–Crippen LogP) is 3.29. The van der Waals surface area contributed by atoms with Gasteiger partial charge >= 0.3 is 0 Å². The lowest BCUT2D eigenvalue weighted by Gasteiger charge is -2.26. The fourth-order valence-electron chi connectivity index (χ4n) is 2.65. The SMILES string of the molecule is COc1ccccc1C(C)N(C)S(=O)(=O)c1cccc([N+](=O)[O-])c1C. The van der Waals surface area contributed by atoms with Crippen molar-refractivity contribution in [1.29, 1.82) is 0 Å². The molecule has 0 aliphatic heterocycles. The quantitative estimate of drug-likeness (QED) is 0.579. The van der Waals surface area contributed by atoms with E-state index >= 15 is 0 Å². The van der Waals surface area contributed by atoms with Crippen LogP contribution < -0.4 is 4.74 Å². The Morgan fingerprint density at radius 1 is 1.16 bits per heavy atom. The molecule has 0 spiro atoms. The van der Waals surface area contributed by atoms with Gasteiger partial charge < -0.3 is 4.74 Å². The van der Waals surface area contributed by atoms with Crippen molar-refractivity contribution >= 4 is 15.7 Å². The Balaban J connectivity index is 2.49. The second kappa shape index (κ2) is 7.20. The van der Waals surface area contributed by atoms with Crippen molar-refractivity contribution in [2.45, 2.75) is 24.8 Å². The fourth-order valence-corrected chi connectivity index (χ4v) is 4.23. The van der Waals surface area contributed by atoms with E-state index in [1.54, 1.807) is 31.2 Å². The summed E-state index contributed by atoms with van der Waals surface area (Å²) < 4.78 is 32.5. The lowest BCUT2D eigenvalue weighted by Crippen LogP contribution is -2.30. The minimum Gasteiger partial charge on any atom is -0.496 e. The maximum Gasteiger partial charge on any atom is 0.273 e. The molecule has 0 fully saturated rings. The van der Waals surface area contributed by atoms with Crippen LogP contribution in [0.3, 0.4) is 0 Å². The Kier molecular flexibility index (Phi) is 5.44. The Morgan fingerprint density at radius 2 is 1.80 bits per heavy atom. The summed E-state index contributed by atoms with van der Waals surface area (Å²) in [7, 11) is -0.957.